The van der Waals surface area contributed by atoms with Gasteiger partial charge in [-0.3, -0.25) is 9.59 Å². The molecule has 22 heavy (non-hydrogen) atoms. The monoisotopic (exact) mass is 326 g/mol. The molecule has 4 nitrogen and oxygen atoms in total. The number of carbonyl (C=O) groups is 2. The van der Waals surface area contributed by atoms with Crippen molar-refractivity contribution in [2.24, 2.45) is 5.92 Å². The number of ether oxygens (including phenoxy) is 1. The molecular formula is C17H30O4Si. The molecule has 1 fully saturated rings. The van der Waals surface area contributed by atoms with E-state index in [4.69, 9.17) is 4.43 Å². The van der Waals surface area contributed by atoms with Crippen molar-refractivity contribution in [2.75, 3.05) is 7.11 Å². The van der Waals surface area contributed by atoms with Crippen LogP contribution in [0.15, 0.2) is 12.2 Å². The topological polar surface area (TPSA) is 52.6 Å². The highest BCUT2D eigenvalue weighted by atomic mass is 28.4. The zero-order valence-corrected chi connectivity index (χ0v) is 15.8. The second-order valence-corrected chi connectivity index (χ2v) is 12.5. The molecule has 0 heterocycles. The molecule has 1 rings (SSSR count). The molecule has 1 aliphatic rings. The molecule has 0 aliphatic heterocycles. The van der Waals surface area contributed by atoms with Crippen molar-refractivity contribution < 1.29 is 18.8 Å². The maximum absolute atomic E-state index is 12.0. The number of hydrogen-bond donors (Lipinski definition) is 0. The van der Waals surface area contributed by atoms with Crippen LogP contribution in [0.4, 0.5) is 0 Å². The first-order valence-electron chi connectivity index (χ1n) is 7.92. The first-order valence-corrected chi connectivity index (χ1v) is 10.8. The van der Waals surface area contributed by atoms with Crippen LogP contribution >= 0.6 is 0 Å². The van der Waals surface area contributed by atoms with Crippen LogP contribution in [0.2, 0.25) is 18.1 Å². The van der Waals surface area contributed by atoms with Crippen molar-refractivity contribution in [1.29, 1.82) is 0 Å². The summed E-state index contributed by atoms with van der Waals surface area (Å²) in [7, 11) is -0.576. The number of rotatable bonds is 6. The van der Waals surface area contributed by atoms with Crippen LogP contribution in [0, 0.1) is 5.92 Å². The molecule has 126 valence electrons. The van der Waals surface area contributed by atoms with Crippen LogP contribution in [0.3, 0.4) is 0 Å². The average Bonchev–Trinajstić information content (AvgIpc) is 2.69. The summed E-state index contributed by atoms with van der Waals surface area (Å²) in [5.74, 6) is -0.537. The summed E-state index contributed by atoms with van der Waals surface area (Å²) in [5, 5.41) is 0.136. The molecule has 1 saturated carbocycles. The average molecular weight is 327 g/mol. The third kappa shape index (κ3) is 4.78. The molecule has 0 aromatic rings. The Morgan fingerprint density at radius 1 is 1.32 bits per heavy atom. The molecule has 0 spiro atoms. The van der Waals surface area contributed by atoms with Gasteiger partial charge < -0.3 is 9.16 Å². The lowest BCUT2D eigenvalue weighted by atomic mass is 9.95. The minimum absolute atomic E-state index is 0.0336. The Labute approximate surface area is 135 Å². The fourth-order valence-corrected chi connectivity index (χ4v) is 3.89. The van der Waals surface area contributed by atoms with Gasteiger partial charge in [-0.25, -0.2) is 0 Å². The number of carbonyl (C=O) groups excluding carboxylic acids is 2. The van der Waals surface area contributed by atoms with Crippen molar-refractivity contribution in [3.63, 3.8) is 0 Å². The fourth-order valence-electron chi connectivity index (χ4n) is 2.50. The lowest BCUT2D eigenvalue weighted by Gasteiger charge is -2.39. The minimum atomic E-state index is -1.88. The van der Waals surface area contributed by atoms with Crippen LogP contribution in [-0.4, -0.2) is 33.3 Å². The van der Waals surface area contributed by atoms with E-state index in [1.807, 2.05) is 0 Å². The number of methoxy groups -OCH3 is 1. The van der Waals surface area contributed by atoms with E-state index in [0.717, 1.165) is 18.4 Å². The van der Waals surface area contributed by atoms with E-state index in [0.29, 0.717) is 6.42 Å². The van der Waals surface area contributed by atoms with Crippen molar-refractivity contribution in [2.45, 2.75) is 70.7 Å². The summed E-state index contributed by atoms with van der Waals surface area (Å²) in [5.41, 5.74) is 1.07. The number of ketones is 1. The van der Waals surface area contributed by atoms with E-state index >= 15 is 0 Å². The second-order valence-electron chi connectivity index (χ2n) is 7.72. The zero-order chi connectivity index (χ0) is 17.1. The SMILES string of the molecule is C=C1CC[C@H](O[Si](C)(C)C(C)(C)C)[C@H]1CC(=O)CC(=O)OC. The summed E-state index contributed by atoms with van der Waals surface area (Å²) in [6, 6.07) is 0. The van der Waals surface area contributed by atoms with Gasteiger partial charge in [0.2, 0.25) is 0 Å². The maximum atomic E-state index is 12.0. The van der Waals surface area contributed by atoms with Crippen molar-refractivity contribution in [3.05, 3.63) is 12.2 Å². The molecule has 0 saturated heterocycles. The number of Topliss-reactive ketones (excluding diaryl/α,β-unsaturated/α-hetero) is 1. The predicted octanol–water partition coefficient (Wildman–Crippen LogP) is 3.87. The van der Waals surface area contributed by atoms with Gasteiger partial charge in [-0.05, 0) is 31.0 Å². The first-order chi connectivity index (χ1) is 9.98. The van der Waals surface area contributed by atoms with Crippen molar-refractivity contribution in [1.82, 2.24) is 0 Å². The Kier molecular flexibility index (Phi) is 6.16. The molecule has 5 heteroatoms. The smallest absolute Gasteiger partial charge is 0.313 e. The molecule has 1 aliphatic carbocycles. The molecule has 0 bridgehead atoms. The fraction of sp³-hybridized carbons (Fsp3) is 0.765. The normalized spacial score (nSPS) is 22.7. The van der Waals surface area contributed by atoms with Crippen LogP contribution in [0.1, 0.15) is 46.5 Å². The van der Waals surface area contributed by atoms with E-state index in [1.54, 1.807) is 0 Å². The first kappa shape index (κ1) is 19.1. The van der Waals surface area contributed by atoms with Crippen molar-refractivity contribution in [3.8, 4) is 0 Å². The Balaban J connectivity index is 2.73. The van der Waals surface area contributed by atoms with E-state index < -0.39 is 14.3 Å². The van der Waals surface area contributed by atoms with Gasteiger partial charge in [0, 0.05) is 12.3 Å². The highest BCUT2D eigenvalue weighted by molar-refractivity contribution is 6.74. The Morgan fingerprint density at radius 3 is 2.41 bits per heavy atom. The Morgan fingerprint density at radius 2 is 1.91 bits per heavy atom. The molecule has 0 aromatic heterocycles. The molecule has 0 radical (unpaired) electrons. The Bertz CT molecular complexity index is 448. The van der Waals surface area contributed by atoms with E-state index in [1.165, 1.54) is 7.11 Å². The summed E-state index contributed by atoms with van der Waals surface area (Å²) in [6.07, 6.45) is 2.03. The highest BCUT2D eigenvalue weighted by Gasteiger charge is 2.43. The van der Waals surface area contributed by atoms with Crippen molar-refractivity contribution >= 4 is 20.1 Å². The van der Waals surface area contributed by atoms with Gasteiger partial charge in [0.05, 0.1) is 13.2 Å². The largest absolute Gasteiger partial charge is 0.469 e. The minimum Gasteiger partial charge on any atom is -0.469 e. The summed E-state index contributed by atoms with van der Waals surface area (Å²) in [6.45, 7) is 15.2. The van der Waals surface area contributed by atoms with Gasteiger partial charge in [0.1, 0.15) is 12.2 Å². The van der Waals surface area contributed by atoms with Crippen LogP contribution in [0.25, 0.3) is 0 Å². The highest BCUT2D eigenvalue weighted by Crippen LogP contribution is 2.42. The third-order valence-electron chi connectivity index (χ3n) is 4.99. The lowest BCUT2D eigenvalue weighted by Crippen LogP contribution is -2.45. The summed E-state index contributed by atoms with van der Waals surface area (Å²) >= 11 is 0. The van der Waals surface area contributed by atoms with Gasteiger partial charge in [-0.1, -0.05) is 32.9 Å². The van der Waals surface area contributed by atoms with Gasteiger partial charge in [0.15, 0.2) is 8.32 Å². The molecule has 0 amide bonds. The van der Waals surface area contributed by atoms with E-state index in [2.05, 4.69) is 45.2 Å². The molecule has 0 aromatic carbocycles. The molecule has 2 atom stereocenters. The number of esters is 1. The molecule has 0 unspecified atom stereocenters. The van der Waals surface area contributed by atoms with Gasteiger partial charge >= 0.3 is 5.97 Å². The van der Waals surface area contributed by atoms with Crippen LogP contribution in [0.5, 0.6) is 0 Å². The van der Waals surface area contributed by atoms with E-state index in [9.17, 15) is 9.59 Å². The molecule has 0 N–H and O–H groups in total. The summed E-state index contributed by atoms with van der Waals surface area (Å²) in [4.78, 5) is 23.3. The maximum Gasteiger partial charge on any atom is 0.313 e. The second kappa shape index (κ2) is 7.09. The Hall–Kier alpha value is -0.943. The zero-order valence-electron chi connectivity index (χ0n) is 14.8. The lowest BCUT2D eigenvalue weighted by molar-refractivity contribution is -0.143. The third-order valence-corrected chi connectivity index (χ3v) is 9.50. The standard InChI is InChI=1S/C17H30O4Si/c1-12-8-9-15(21-22(6,7)17(2,3)4)14(12)10-13(18)11-16(19)20-5/h14-15H,1,8-11H2,2-7H3/t14-,15-/m0/s1. The van der Waals surface area contributed by atoms with Gasteiger partial charge in [-0.15, -0.1) is 0 Å². The van der Waals surface area contributed by atoms with Gasteiger partial charge in [0.25, 0.3) is 0 Å². The molecular weight excluding hydrogens is 296 g/mol. The predicted molar refractivity (Wildman–Crippen MR) is 90.2 cm³/mol. The quantitative estimate of drug-likeness (QED) is 0.322. The van der Waals surface area contributed by atoms with E-state index in [-0.39, 0.29) is 29.3 Å². The van der Waals surface area contributed by atoms with Crippen LogP contribution < -0.4 is 0 Å². The van der Waals surface area contributed by atoms with Crippen LogP contribution in [-0.2, 0) is 18.8 Å². The summed E-state index contributed by atoms with van der Waals surface area (Å²) < 4.78 is 11.0. The van der Waals surface area contributed by atoms with Gasteiger partial charge in [-0.2, -0.15) is 0 Å². The number of hydrogen-bond acceptors (Lipinski definition) is 4.